The first kappa shape index (κ1) is 20.2. The van der Waals surface area contributed by atoms with Crippen LogP contribution in [-0.2, 0) is 4.79 Å². The number of hydrogen-bond donors (Lipinski definition) is 0. The van der Waals surface area contributed by atoms with Crippen molar-refractivity contribution >= 4 is 23.6 Å². The Morgan fingerprint density at radius 2 is 1.60 bits per heavy atom. The van der Waals surface area contributed by atoms with E-state index in [2.05, 4.69) is 10.2 Å². The molecular weight excluding hydrogens is 398 g/mol. The van der Waals surface area contributed by atoms with Crippen molar-refractivity contribution in [2.45, 2.75) is 12.1 Å². The van der Waals surface area contributed by atoms with Crippen molar-refractivity contribution < 1.29 is 9.59 Å². The number of nitrogens with zero attached hydrogens (tertiary/aromatic N) is 5. The third-order valence-corrected chi connectivity index (χ3v) is 6.02. The first-order valence-corrected chi connectivity index (χ1v) is 10.8. The van der Waals surface area contributed by atoms with Crippen molar-refractivity contribution in [3.63, 3.8) is 0 Å². The molecular formula is C22H23N5O2S. The van der Waals surface area contributed by atoms with Crippen LogP contribution in [0.4, 0.5) is 0 Å². The molecule has 0 N–H and O–H groups in total. The van der Waals surface area contributed by atoms with Crippen LogP contribution in [0.2, 0.25) is 0 Å². The molecule has 0 radical (unpaired) electrons. The highest BCUT2D eigenvalue weighted by molar-refractivity contribution is 7.99. The Labute approximate surface area is 179 Å². The van der Waals surface area contributed by atoms with E-state index in [1.54, 1.807) is 11.2 Å². The molecule has 4 rings (SSSR count). The van der Waals surface area contributed by atoms with Gasteiger partial charge in [0.05, 0.1) is 5.75 Å². The van der Waals surface area contributed by atoms with Crippen molar-refractivity contribution in [3.05, 3.63) is 72.1 Å². The van der Waals surface area contributed by atoms with Gasteiger partial charge >= 0.3 is 0 Å². The molecule has 2 amide bonds. The van der Waals surface area contributed by atoms with Crippen LogP contribution >= 0.6 is 11.8 Å². The molecule has 2 heterocycles. The summed E-state index contributed by atoms with van der Waals surface area (Å²) in [6.07, 6.45) is 1.66. The predicted octanol–water partition coefficient (Wildman–Crippen LogP) is 2.65. The molecule has 0 aliphatic carbocycles. The van der Waals surface area contributed by atoms with E-state index >= 15 is 0 Å². The van der Waals surface area contributed by atoms with Crippen molar-refractivity contribution in [1.82, 2.24) is 24.6 Å². The smallest absolute Gasteiger partial charge is 0.253 e. The summed E-state index contributed by atoms with van der Waals surface area (Å²) in [5, 5.41) is 8.83. The average molecular weight is 422 g/mol. The highest BCUT2D eigenvalue weighted by atomic mass is 32.2. The second-order valence-corrected chi connectivity index (χ2v) is 8.09. The van der Waals surface area contributed by atoms with Crippen LogP contribution in [0.15, 0.2) is 66.1 Å². The number of aryl methyl sites for hydroxylation is 1. The summed E-state index contributed by atoms with van der Waals surface area (Å²) in [4.78, 5) is 28.8. The van der Waals surface area contributed by atoms with Gasteiger partial charge in [-0.2, -0.15) is 0 Å². The Hall–Kier alpha value is -3.13. The van der Waals surface area contributed by atoms with Gasteiger partial charge in [-0.25, -0.2) is 0 Å². The molecule has 0 spiro atoms. The van der Waals surface area contributed by atoms with E-state index < -0.39 is 0 Å². The van der Waals surface area contributed by atoms with Gasteiger partial charge in [-0.15, -0.1) is 10.2 Å². The summed E-state index contributed by atoms with van der Waals surface area (Å²) >= 11 is 1.38. The molecule has 1 aliphatic rings. The minimum Gasteiger partial charge on any atom is -0.338 e. The number of aromatic nitrogens is 3. The SMILES string of the molecule is Cc1ccc(-n2cnnc2SCC(=O)N2CCN(C(=O)c3ccccc3)CC2)cc1. The van der Waals surface area contributed by atoms with E-state index in [1.165, 1.54) is 17.3 Å². The van der Waals surface area contributed by atoms with Gasteiger partial charge in [0.25, 0.3) is 5.91 Å². The van der Waals surface area contributed by atoms with Gasteiger partial charge < -0.3 is 9.80 Å². The molecule has 0 unspecified atom stereocenters. The summed E-state index contributed by atoms with van der Waals surface area (Å²) in [5.74, 6) is 0.352. The molecule has 30 heavy (non-hydrogen) atoms. The third kappa shape index (κ3) is 4.54. The van der Waals surface area contributed by atoms with Crippen LogP contribution < -0.4 is 0 Å². The maximum absolute atomic E-state index is 12.7. The normalized spacial score (nSPS) is 14.0. The maximum atomic E-state index is 12.7. The second kappa shape index (κ2) is 9.13. The summed E-state index contributed by atoms with van der Waals surface area (Å²) in [6.45, 7) is 4.22. The third-order valence-electron chi connectivity index (χ3n) is 5.09. The van der Waals surface area contributed by atoms with E-state index in [1.807, 2.05) is 71.0 Å². The number of amides is 2. The number of piperazine rings is 1. The van der Waals surface area contributed by atoms with E-state index in [0.717, 1.165) is 5.69 Å². The molecule has 1 aromatic heterocycles. The first-order valence-electron chi connectivity index (χ1n) is 9.84. The average Bonchev–Trinajstić information content (AvgIpc) is 3.27. The molecule has 3 aromatic rings. The lowest BCUT2D eigenvalue weighted by atomic mass is 10.2. The van der Waals surface area contributed by atoms with E-state index in [4.69, 9.17) is 0 Å². The van der Waals surface area contributed by atoms with Gasteiger partial charge in [-0.3, -0.25) is 14.2 Å². The molecule has 1 fully saturated rings. The highest BCUT2D eigenvalue weighted by Gasteiger charge is 2.25. The van der Waals surface area contributed by atoms with Crippen LogP contribution in [0.5, 0.6) is 0 Å². The standard InChI is InChI=1S/C22H23N5O2S/c1-17-7-9-19(10-8-17)27-16-23-24-22(27)30-15-20(28)25-11-13-26(14-12-25)21(29)18-5-3-2-4-6-18/h2-10,16H,11-15H2,1H3. The fourth-order valence-electron chi connectivity index (χ4n) is 3.35. The van der Waals surface area contributed by atoms with Crippen LogP contribution in [-0.4, -0.2) is 68.3 Å². The zero-order valence-electron chi connectivity index (χ0n) is 16.8. The van der Waals surface area contributed by atoms with Crippen molar-refractivity contribution in [1.29, 1.82) is 0 Å². The zero-order valence-corrected chi connectivity index (χ0v) is 17.6. The molecule has 0 atom stereocenters. The Morgan fingerprint density at radius 3 is 2.30 bits per heavy atom. The molecule has 1 saturated heterocycles. The number of hydrogen-bond acceptors (Lipinski definition) is 5. The van der Waals surface area contributed by atoms with Gasteiger partial charge in [0.15, 0.2) is 5.16 Å². The van der Waals surface area contributed by atoms with Crippen molar-refractivity contribution in [3.8, 4) is 5.69 Å². The van der Waals surface area contributed by atoms with Crippen LogP contribution in [0.25, 0.3) is 5.69 Å². The molecule has 7 nitrogen and oxygen atoms in total. The molecule has 2 aromatic carbocycles. The zero-order chi connectivity index (χ0) is 20.9. The van der Waals surface area contributed by atoms with Crippen LogP contribution in [0.3, 0.4) is 0 Å². The molecule has 8 heteroatoms. The lowest BCUT2D eigenvalue weighted by Gasteiger charge is -2.34. The van der Waals surface area contributed by atoms with Gasteiger partial charge in [-0.1, -0.05) is 47.7 Å². The maximum Gasteiger partial charge on any atom is 0.253 e. The number of benzene rings is 2. The number of carbonyl (C=O) groups excluding carboxylic acids is 2. The lowest BCUT2D eigenvalue weighted by molar-refractivity contribution is -0.129. The molecule has 1 aliphatic heterocycles. The largest absolute Gasteiger partial charge is 0.338 e. The van der Waals surface area contributed by atoms with Gasteiger partial charge in [0, 0.05) is 37.4 Å². The van der Waals surface area contributed by atoms with Crippen molar-refractivity contribution in [2.24, 2.45) is 0 Å². The Morgan fingerprint density at radius 1 is 0.933 bits per heavy atom. The second-order valence-electron chi connectivity index (χ2n) is 7.15. The monoisotopic (exact) mass is 421 g/mol. The predicted molar refractivity (Wildman–Crippen MR) is 116 cm³/mol. The number of carbonyl (C=O) groups is 2. The minimum atomic E-state index is 0.0169. The lowest BCUT2D eigenvalue weighted by Crippen LogP contribution is -2.51. The summed E-state index contributed by atoms with van der Waals surface area (Å²) in [5.41, 5.74) is 2.83. The number of thioether (sulfide) groups is 1. The summed E-state index contributed by atoms with van der Waals surface area (Å²) in [6, 6.07) is 17.3. The van der Waals surface area contributed by atoms with E-state index in [9.17, 15) is 9.59 Å². The van der Waals surface area contributed by atoms with Crippen LogP contribution in [0.1, 0.15) is 15.9 Å². The fourth-order valence-corrected chi connectivity index (χ4v) is 4.18. The van der Waals surface area contributed by atoms with Gasteiger partial charge in [0.2, 0.25) is 5.91 Å². The Kier molecular flexibility index (Phi) is 6.13. The van der Waals surface area contributed by atoms with Crippen LogP contribution in [0, 0.1) is 6.92 Å². The Bertz CT molecular complexity index is 1010. The van der Waals surface area contributed by atoms with Gasteiger partial charge in [0.1, 0.15) is 6.33 Å². The summed E-state index contributed by atoms with van der Waals surface area (Å²) < 4.78 is 1.88. The number of rotatable bonds is 5. The highest BCUT2D eigenvalue weighted by Crippen LogP contribution is 2.20. The topological polar surface area (TPSA) is 71.3 Å². The quantitative estimate of drug-likeness (QED) is 0.593. The summed E-state index contributed by atoms with van der Waals surface area (Å²) in [7, 11) is 0. The van der Waals surface area contributed by atoms with Crippen molar-refractivity contribution in [2.75, 3.05) is 31.9 Å². The molecule has 0 bridgehead atoms. The van der Waals surface area contributed by atoms with Gasteiger partial charge in [-0.05, 0) is 31.2 Å². The van der Waals surface area contributed by atoms with E-state index in [0.29, 0.717) is 36.9 Å². The fraction of sp³-hybridized carbons (Fsp3) is 0.273. The minimum absolute atomic E-state index is 0.0169. The van der Waals surface area contributed by atoms with E-state index in [-0.39, 0.29) is 17.6 Å². The molecule has 154 valence electrons. The Balaban J connectivity index is 1.30. The first-order chi connectivity index (χ1) is 14.6. The molecule has 0 saturated carbocycles.